The summed E-state index contributed by atoms with van der Waals surface area (Å²) in [6, 6.07) is 5.89. The highest BCUT2D eigenvalue weighted by Crippen LogP contribution is 2.22. The Morgan fingerprint density at radius 2 is 2.06 bits per heavy atom. The molecule has 1 N–H and O–H groups in total. The lowest BCUT2D eigenvalue weighted by molar-refractivity contribution is -0.154. The third-order valence-corrected chi connectivity index (χ3v) is 4.94. The second-order valence-electron chi connectivity index (χ2n) is 8.78. The van der Waals surface area contributed by atoms with Gasteiger partial charge in [-0.05, 0) is 51.2 Å². The van der Waals surface area contributed by atoms with Gasteiger partial charge in [-0.15, -0.1) is 5.06 Å². The molecule has 1 aliphatic rings. The fourth-order valence-electron chi connectivity index (χ4n) is 3.39. The maximum absolute atomic E-state index is 11.8. The van der Waals surface area contributed by atoms with Gasteiger partial charge >= 0.3 is 6.16 Å². The van der Waals surface area contributed by atoms with Gasteiger partial charge in [-0.25, -0.2) is 14.8 Å². The van der Waals surface area contributed by atoms with E-state index < -0.39 is 11.8 Å². The first kappa shape index (κ1) is 22.7. The second kappa shape index (κ2) is 10.4. The van der Waals surface area contributed by atoms with E-state index in [2.05, 4.69) is 25.2 Å². The molecule has 1 fully saturated rings. The van der Waals surface area contributed by atoms with E-state index >= 15 is 0 Å². The first-order valence-corrected chi connectivity index (χ1v) is 10.6. The fourth-order valence-corrected chi connectivity index (χ4v) is 3.39. The average Bonchev–Trinajstić information content (AvgIpc) is 2.73. The third-order valence-electron chi connectivity index (χ3n) is 4.94. The topological polar surface area (TPSA) is 92.7 Å². The van der Waals surface area contributed by atoms with Gasteiger partial charge in [-0.2, -0.15) is 0 Å². The first-order chi connectivity index (χ1) is 14.8. The van der Waals surface area contributed by atoms with Crippen LogP contribution in [0.25, 0.3) is 0 Å². The van der Waals surface area contributed by atoms with Crippen LogP contribution in [0.1, 0.15) is 39.2 Å². The van der Waals surface area contributed by atoms with E-state index in [0.717, 1.165) is 36.6 Å². The van der Waals surface area contributed by atoms with Gasteiger partial charge in [0.2, 0.25) is 0 Å². The van der Waals surface area contributed by atoms with Crippen LogP contribution in [0.2, 0.25) is 0 Å². The number of piperidine rings is 1. The molecule has 0 unspecified atom stereocenters. The van der Waals surface area contributed by atoms with Crippen molar-refractivity contribution in [3.05, 3.63) is 42.5 Å². The molecule has 168 valence electrons. The van der Waals surface area contributed by atoms with Crippen LogP contribution in [-0.4, -0.2) is 58.5 Å². The molecule has 2 aromatic heterocycles. The van der Waals surface area contributed by atoms with Crippen LogP contribution >= 0.6 is 0 Å². The summed E-state index contributed by atoms with van der Waals surface area (Å²) in [5.74, 6) is 2.14. The molecule has 0 aromatic carbocycles. The van der Waals surface area contributed by atoms with Crippen molar-refractivity contribution in [1.29, 1.82) is 0 Å². The maximum atomic E-state index is 11.8. The van der Waals surface area contributed by atoms with E-state index in [-0.39, 0.29) is 0 Å². The van der Waals surface area contributed by atoms with Gasteiger partial charge in [0.25, 0.3) is 0 Å². The molecule has 1 saturated heterocycles. The minimum absolute atomic E-state index is 0.491. The number of nitrogens with zero attached hydrogens (tertiary/aromatic N) is 5. The van der Waals surface area contributed by atoms with Gasteiger partial charge in [0, 0.05) is 51.7 Å². The summed E-state index contributed by atoms with van der Waals surface area (Å²) in [5.41, 5.74) is 0.540. The highest BCUT2D eigenvalue weighted by Gasteiger charge is 2.25. The molecule has 2 aromatic rings. The zero-order valence-electron chi connectivity index (χ0n) is 18.7. The summed E-state index contributed by atoms with van der Waals surface area (Å²) in [6.45, 7) is 8.39. The van der Waals surface area contributed by atoms with Crippen LogP contribution in [0, 0.1) is 5.92 Å². The molecule has 0 saturated carbocycles. The predicted octanol–water partition coefficient (Wildman–Crippen LogP) is 3.50. The van der Waals surface area contributed by atoms with Crippen molar-refractivity contribution >= 4 is 17.8 Å². The van der Waals surface area contributed by atoms with E-state index in [4.69, 9.17) is 9.57 Å². The molecule has 0 amide bonds. The quantitative estimate of drug-likeness (QED) is 0.665. The minimum Gasteiger partial charge on any atom is -0.427 e. The zero-order valence-corrected chi connectivity index (χ0v) is 18.7. The normalized spacial score (nSPS) is 15.4. The number of hydrogen-bond acceptors (Lipinski definition) is 9. The second-order valence-corrected chi connectivity index (χ2v) is 8.78. The average molecular weight is 429 g/mol. The summed E-state index contributed by atoms with van der Waals surface area (Å²) in [6.07, 6.45) is 6.40. The van der Waals surface area contributed by atoms with Gasteiger partial charge in [0.15, 0.2) is 0 Å². The number of carbonyl (C=O) groups is 1. The van der Waals surface area contributed by atoms with Crippen molar-refractivity contribution in [3.8, 4) is 0 Å². The van der Waals surface area contributed by atoms with Crippen molar-refractivity contribution in [1.82, 2.24) is 20.0 Å². The lowest BCUT2D eigenvalue weighted by Crippen LogP contribution is -2.40. The number of hydroxylamine groups is 2. The Labute approximate surface area is 183 Å². The highest BCUT2D eigenvalue weighted by atomic mass is 16.8. The zero-order chi connectivity index (χ0) is 22.3. The van der Waals surface area contributed by atoms with Gasteiger partial charge in [0.05, 0.1) is 0 Å². The largest absolute Gasteiger partial charge is 0.528 e. The molecular formula is C22H32N6O3. The molecule has 0 radical (unpaired) electrons. The molecule has 0 aliphatic carbocycles. The monoisotopic (exact) mass is 428 g/mol. The highest BCUT2D eigenvalue weighted by molar-refractivity contribution is 5.60. The summed E-state index contributed by atoms with van der Waals surface area (Å²) < 4.78 is 5.21. The molecule has 9 heteroatoms. The van der Waals surface area contributed by atoms with Crippen LogP contribution in [-0.2, 0) is 16.1 Å². The van der Waals surface area contributed by atoms with Crippen LogP contribution in [0.3, 0.4) is 0 Å². The minimum atomic E-state index is -0.643. The van der Waals surface area contributed by atoms with Crippen LogP contribution in [0.4, 0.5) is 16.4 Å². The summed E-state index contributed by atoms with van der Waals surface area (Å²) in [4.78, 5) is 32.1. The number of hydrogen-bond donors (Lipinski definition) is 1. The van der Waals surface area contributed by atoms with Crippen molar-refractivity contribution in [3.63, 3.8) is 0 Å². The SMILES string of the molecule is CN(CC1CCN(OC(=O)OC(C)(C)C)CC1)c1cc(NCc2cccnc2)ncn1. The molecule has 0 atom stereocenters. The van der Waals surface area contributed by atoms with Crippen molar-refractivity contribution in [2.75, 3.05) is 36.9 Å². The number of ether oxygens (including phenoxy) is 1. The van der Waals surface area contributed by atoms with Gasteiger partial charge in [-0.3, -0.25) is 4.98 Å². The van der Waals surface area contributed by atoms with E-state index in [1.165, 1.54) is 0 Å². The Balaban J connectivity index is 1.44. The van der Waals surface area contributed by atoms with E-state index in [9.17, 15) is 4.79 Å². The number of rotatable bonds is 7. The van der Waals surface area contributed by atoms with Gasteiger partial charge < -0.3 is 19.8 Å². The number of pyridine rings is 1. The molecule has 3 heterocycles. The maximum Gasteiger partial charge on any atom is 0.528 e. The summed E-state index contributed by atoms with van der Waals surface area (Å²) in [5, 5.41) is 5.01. The van der Waals surface area contributed by atoms with E-state index in [0.29, 0.717) is 25.6 Å². The number of nitrogens with one attached hydrogen (secondary N) is 1. The standard InChI is InChI=1S/C22H32N6O3/c1-22(2,3)30-21(29)31-28-10-7-17(8-11-28)15-27(4)20-12-19(25-16-26-20)24-14-18-6-5-9-23-13-18/h5-6,9,12-13,16-17H,7-8,10-11,14-15H2,1-4H3,(H,24,25,26). The Hall–Kier alpha value is -2.94. The first-order valence-electron chi connectivity index (χ1n) is 10.6. The smallest absolute Gasteiger partial charge is 0.427 e. The molecule has 9 nitrogen and oxygen atoms in total. The van der Waals surface area contributed by atoms with E-state index in [1.54, 1.807) is 17.6 Å². The van der Waals surface area contributed by atoms with Crippen LogP contribution in [0.5, 0.6) is 0 Å². The fraction of sp³-hybridized carbons (Fsp3) is 0.545. The molecule has 0 bridgehead atoms. The molecule has 0 spiro atoms. The van der Waals surface area contributed by atoms with Gasteiger partial charge in [0.1, 0.15) is 23.6 Å². The number of carbonyl (C=O) groups excluding carboxylic acids is 1. The van der Waals surface area contributed by atoms with Gasteiger partial charge in [-0.1, -0.05) is 6.07 Å². The molecular weight excluding hydrogens is 396 g/mol. The van der Waals surface area contributed by atoms with Crippen molar-refractivity contribution < 1.29 is 14.4 Å². The van der Waals surface area contributed by atoms with E-state index in [1.807, 2.05) is 52.2 Å². The third kappa shape index (κ3) is 7.67. The Bertz CT molecular complexity index is 835. The summed E-state index contributed by atoms with van der Waals surface area (Å²) in [7, 11) is 2.04. The Kier molecular flexibility index (Phi) is 7.62. The lowest BCUT2D eigenvalue weighted by atomic mass is 9.97. The van der Waals surface area contributed by atoms with Crippen molar-refractivity contribution in [2.24, 2.45) is 5.92 Å². The van der Waals surface area contributed by atoms with Crippen LogP contribution in [0.15, 0.2) is 36.9 Å². The Morgan fingerprint density at radius 1 is 1.29 bits per heavy atom. The number of anilines is 2. The van der Waals surface area contributed by atoms with Crippen LogP contribution < -0.4 is 10.2 Å². The molecule has 31 heavy (non-hydrogen) atoms. The molecule has 3 rings (SSSR count). The van der Waals surface area contributed by atoms with Crippen molar-refractivity contribution in [2.45, 2.75) is 45.8 Å². The predicted molar refractivity (Wildman–Crippen MR) is 118 cm³/mol. The Morgan fingerprint density at radius 3 is 2.74 bits per heavy atom. The summed E-state index contributed by atoms with van der Waals surface area (Å²) >= 11 is 0. The number of aromatic nitrogens is 3. The molecule has 1 aliphatic heterocycles. The lowest BCUT2D eigenvalue weighted by Gasteiger charge is -2.33.